The molecule has 0 saturated heterocycles. The van der Waals surface area contributed by atoms with Crippen molar-refractivity contribution in [1.82, 2.24) is 24.5 Å². The van der Waals surface area contributed by atoms with Crippen LogP contribution >= 0.6 is 0 Å². The molecule has 2 aromatic carbocycles. The summed E-state index contributed by atoms with van der Waals surface area (Å²) in [5.74, 6) is 3.18. The van der Waals surface area contributed by atoms with Gasteiger partial charge in [0, 0.05) is 59.3 Å². The maximum Gasteiger partial charge on any atom is 0.255 e. The van der Waals surface area contributed by atoms with E-state index in [-0.39, 0.29) is 5.56 Å². The minimum Gasteiger partial charge on any atom is -0.340 e. The Morgan fingerprint density at radius 2 is 1.82 bits per heavy atom. The molecule has 168 valence electrons. The largest absolute Gasteiger partial charge is 0.340 e. The molecule has 1 aliphatic carbocycles. The quantitative estimate of drug-likeness (QED) is 0.380. The number of anilines is 2. The van der Waals surface area contributed by atoms with E-state index in [1.165, 1.54) is 18.7 Å². The van der Waals surface area contributed by atoms with E-state index >= 15 is 0 Å². The van der Waals surface area contributed by atoms with Crippen LogP contribution in [0.3, 0.4) is 0 Å². The van der Waals surface area contributed by atoms with E-state index < -0.39 is 0 Å². The molecule has 0 spiro atoms. The summed E-state index contributed by atoms with van der Waals surface area (Å²) in [5.41, 5.74) is 4.73. The number of fused-ring (bicyclic) bond motifs is 1. The molecule has 7 heteroatoms. The van der Waals surface area contributed by atoms with Crippen molar-refractivity contribution in [3.05, 3.63) is 88.9 Å². The molecule has 1 aliphatic rings. The van der Waals surface area contributed by atoms with Crippen molar-refractivity contribution in [2.24, 2.45) is 7.05 Å². The predicted octanol–water partition coefficient (Wildman–Crippen LogP) is 5.32. The minimum atomic E-state index is -0.0949. The van der Waals surface area contributed by atoms with Crippen molar-refractivity contribution in [3.8, 4) is 22.6 Å². The summed E-state index contributed by atoms with van der Waals surface area (Å²) in [6.45, 7) is 1.97. The molecule has 0 amide bonds. The van der Waals surface area contributed by atoms with Crippen molar-refractivity contribution < 1.29 is 0 Å². The zero-order valence-electron chi connectivity index (χ0n) is 19.0. The second-order valence-corrected chi connectivity index (χ2v) is 8.91. The van der Waals surface area contributed by atoms with Gasteiger partial charge < -0.3 is 14.9 Å². The molecule has 0 aliphatic heterocycles. The van der Waals surface area contributed by atoms with Gasteiger partial charge >= 0.3 is 0 Å². The van der Waals surface area contributed by atoms with E-state index in [0.29, 0.717) is 17.1 Å². The summed E-state index contributed by atoms with van der Waals surface area (Å²) in [4.78, 5) is 28.8. The van der Waals surface area contributed by atoms with Crippen LogP contribution in [0.4, 0.5) is 11.5 Å². The van der Waals surface area contributed by atoms with E-state index in [0.717, 1.165) is 39.3 Å². The fourth-order valence-corrected chi connectivity index (χ4v) is 4.25. The molecule has 1 fully saturated rings. The molecule has 3 aromatic heterocycles. The summed E-state index contributed by atoms with van der Waals surface area (Å²) < 4.78 is 2.14. The smallest absolute Gasteiger partial charge is 0.255 e. The van der Waals surface area contributed by atoms with Crippen molar-refractivity contribution in [2.75, 3.05) is 5.32 Å². The van der Waals surface area contributed by atoms with Crippen LogP contribution in [0.2, 0.25) is 0 Å². The van der Waals surface area contributed by atoms with Crippen molar-refractivity contribution in [2.45, 2.75) is 25.7 Å². The zero-order valence-corrected chi connectivity index (χ0v) is 19.0. The molecule has 0 atom stereocenters. The summed E-state index contributed by atoms with van der Waals surface area (Å²) in [7, 11) is 2.07. The summed E-state index contributed by atoms with van der Waals surface area (Å²) in [6.07, 6.45) is 8.06. The molecule has 6 rings (SSSR count). The van der Waals surface area contributed by atoms with Gasteiger partial charge in [-0.1, -0.05) is 24.3 Å². The fraction of sp³-hybridized carbons (Fsp3) is 0.185. The number of imidazole rings is 1. The van der Waals surface area contributed by atoms with Crippen molar-refractivity contribution >= 4 is 22.3 Å². The highest BCUT2D eigenvalue weighted by atomic mass is 16.1. The predicted molar refractivity (Wildman–Crippen MR) is 134 cm³/mol. The van der Waals surface area contributed by atoms with Crippen LogP contribution in [-0.2, 0) is 7.05 Å². The first-order valence-electron chi connectivity index (χ1n) is 11.4. The van der Waals surface area contributed by atoms with Crippen LogP contribution in [0.15, 0.2) is 71.9 Å². The van der Waals surface area contributed by atoms with Crippen LogP contribution < -0.4 is 10.9 Å². The highest BCUT2D eigenvalue weighted by Crippen LogP contribution is 2.40. The SMILES string of the molecule is Cc1cnc(-c2ccc(-c3cn(C)c(C4CC4)n3)cc2)nc1Nc1ccc2c(=O)[nH]ccc2c1. The number of aromatic amines is 1. The second kappa shape index (κ2) is 7.95. The maximum absolute atomic E-state index is 12.0. The Morgan fingerprint density at radius 1 is 1.03 bits per heavy atom. The Balaban J connectivity index is 1.27. The first kappa shape index (κ1) is 20.4. The van der Waals surface area contributed by atoms with Crippen molar-refractivity contribution in [3.63, 3.8) is 0 Å². The summed E-state index contributed by atoms with van der Waals surface area (Å²) >= 11 is 0. The van der Waals surface area contributed by atoms with Gasteiger partial charge in [0.05, 0.1) is 5.69 Å². The number of hydrogen-bond acceptors (Lipinski definition) is 5. The Hall–Kier alpha value is -4.26. The molecular weight excluding hydrogens is 424 g/mol. The monoisotopic (exact) mass is 448 g/mol. The number of hydrogen-bond donors (Lipinski definition) is 2. The van der Waals surface area contributed by atoms with Gasteiger partial charge in [0.15, 0.2) is 5.82 Å². The summed E-state index contributed by atoms with van der Waals surface area (Å²) in [6, 6.07) is 15.8. The van der Waals surface area contributed by atoms with Crippen molar-refractivity contribution in [1.29, 1.82) is 0 Å². The maximum atomic E-state index is 12.0. The molecular formula is C27H24N6O. The molecule has 1 saturated carbocycles. The molecule has 0 radical (unpaired) electrons. The third-order valence-corrected chi connectivity index (χ3v) is 6.30. The average Bonchev–Trinajstić information content (AvgIpc) is 3.62. The first-order chi connectivity index (χ1) is 16.5. The zero-order chi connectivity index (χ0) is 23.2. The van der Waals surface area contributed by atoms with Gasteiger partial charge in [-0.3, -0.25) is 4.79 Å². The van der Waals surface area contributed by atoms with Crippen LogP contribution in [-0.4, -0.2) is 24.5 Å². The number of aromatic nitrogens is 5. The Morgan fingerprint density at radius 3 is 2.62 bits per heavy atom. The number of pyridine rings is 1. The number of H-pyrrole nitrogens is 1. The van der Waals surface area contributed by atoms with Crippen LogP contribution in [0.1, 0.15) is 30.1 Å². The third kappa shape index (κ3) is 3.75. The lowest BCUT2D eigenvalue weighted by Crippen LogP contribution is -2.05. The lowest BCUT2D eigenvalue weighted by atomic mass is 10.1. The molecule has 0 unspecified atom stereocenters. The molecule has 7 nitrogen and oxygen atoms in total. The van der Waals surface area contributed by atoms with E-state index in [2.05, 4.69) is 45.2 Å². The summed E-state index contributed by atoms with van der Waals surface area (Å²) in [5, 5.41) is 4.91. The van der Waals surface area contributed by atoms with Crippen LogP contribution in [0, 0.1) is 6.92 Å². The first-order valence-corrected chi connectivity index (χ1v) is 11.4. The third-order valence-electron chi connectivity index (χ3n) is 6.30. The van der Waals surface area contributed by atoms with Crippen LogP contribution in [0.25, 0.3) is 33.4 Å². The fourth-order valence-electron chi connectivity index (χ4n) is 4.25. The van der Waals surface area contributed by atoms with E-state index in [9.17, 15) is 4.79 Å². The second-order valence-electron chi connectivity index (χ2n) is 8.91. The highest BCUT2D eigenvalue weighted by Gasteiger charge is 2.28. The van der Waals surface area contributed by atoms with Gasteiger partial charge in [0.25, 0.3) is 5.56 Å². The lowest BCUT2D eigenvalue weighted by molar-refractivity contribution is 0.799. The topological polar surface area (TPSA) is 88.5 Å². The molecule has 34 heavy (non-hydrogen) atoms. The number of rotatable bonds is 5. The Bertz CT molecular complexity index is 1580. The van der Waals surface area contributed by atoms with Gasteiger partial charge in [-0.15, -0.1) is 0 Å². The number of aryl methyl sites for hydroxylation is 2. The highest BCUT2D eigenvalue weighted by molar-refractivity contribution is 5.85. The van der Waals surface area contributed by atoms with E-state index in [1.807, 2.05) is 49.5 Å². The van der Waals surface area contributed by atoms with Gasteiger partial charge in [0.1, 0.15) is 11.6 Å². The number of nitrogens with one attached hydrogen (secondary N) is 2. The van der Waals surface area contributed by atoms with E-state index in [4.69, 9.17) is 9.97 Å². The minimum absolute atomic E-state index is 0.0949. The molecule has 3 heterocycles. The standard InChI is InChI=1S/C27H24N6O/c1-16-14-29-25(32-24(16)30-21-9-10-22-20(13-21)11-12-28-27(22)34)18-5-3-17(4-6-18)23-15-33(2)26(31-23)19-7-8-19/h3-6,9-15,19H,7-8H2,1-2H3,(H,28,34)(H,29,30,32). The number of benzene rings is 2. The van der Waals surface area contributed by atoms with Gasteiger partial charge in [-0.25, -0.2) is 15.0 Å². The lowest BCUT2D eigenvalue weighted by Gasteiger charge is -2.11. The normalized spacial score (nSPS) is 13.4. The number of nitrogens with zero attached hydrogens (tertiary/aromatic N) is 4. The van der Waals surface area contributed by atoms with Gasteiger partial charge in [-0.2, -0.15) is 0 Å². The molecule has 0 bridgehead atoms. The Kier molecular flexibility index (Phi) is 4.76. The Labute approximate surface area is 196 Å². The molecule has 2 N–H and O–H groups in total. The molecule has 5 aromatic rings. The average molecular weight is 449 g/mol. The van der Waals surface area contributed by atoms with E-state index in [1.54, 1.807) is 6.20 Å². The van der Waals surface area contributed by atoms with Crippen LogP contribution in [0.5, 0.6) is 0 Å². The van der Waals surface area contributed by atoms with Gasteiger partial charge in [0.2, 0.25) is 0 Å². The van der Waals surface area contributed by atoms with Gasteiger partial charge in [-0.05, 0) is 49.4 Å².